The van der Waals surface area contributed by atoms with Crippen LogP contribution in [0.25, 0.3) is 16.8 Å². The van der Waals surface area contributed by atoms with Crippen LogP contribution in [-0.2, 0) is 11.8 Å². The first-order valence-electron chi connectivity index (χ1n) is 9.93. The van der Waals surface area contributed by atoms with Crippen LogP contribution in [0.5, 0.6) is 5.88 Å². The quantitative estimate of drug-likeness (QED) is 0.652. The molecule has 0 aromatic carbocycles. The van der Waals surface area contributed by atoms with E-state index in [-0.39, 0.29) is 17.6 Å². The Balaban J connectivity index is 1.49. The third kappa shape index (κ3) is 3.28. The predicted molar refractivity (Wildman–Crippen MR) is 108 cm³/mol. The summed E-state index contributed by atoms with van der Waals surface area (Å²) < 4.78 is 10.1. The first-order chi connectivity index (χ1) is 13.9. The number of ether oxygens (including phenoxy) is 1. The predicted octanol–water partition coefficient (Wildman–Crippen LogP) is 2.61. The lowest BCUT2D eigenvalue weighted by Gasteiger charge is -2.44. The number of carbonyl (C=O) groups is 1. The van der Waals surface area contributed by atoms with Crippen LogP contribution in [-0.4, -0.2) is 41.9 Å². The average molecular weight is 392 g/mol. The maximum atomic E-state index is 11.6. The third-order valence-electron chi connectivity index (χ3n) is 5.74. The minimum atomic E-state index is -0.384. The van der Waals surface area contributed by atoms with E-state index in [1.165, 1.54) is 24.5 Å². The number of carbonyl (C=O) groups excluding carboxylic acids is 1. The van der Waals surface area contributed by atoms with E-state index in [4.69, 9.17) is 9.72 Å². The van der Waals surface area contributed by atoms with E-state index < -0.39 is 0 Å². The molecule has 29 heavy (non-hydrogen) atoms. The molecule has 150 valence electrons. The van der Waals surface area contributed by atoms with Crippen molar-refractivity contribution < 1.29 is 9.53 Å². The van der Waals surface area contributed by atoms with E-state index >= 15 is 0 Å². The second-order valence-corrected chi connectivity index (χ2v) is 8.37. The van der Waals surface area contributed by atoms with Crippen molar-refractivity contribution in [3.63, 3.8) is 0 Å². The Labute approximate surface area is 168 Å². The highest BCUT2D eigenvalue weighted by molar-refractivity contribution is 5.87. The number of rotatable bonds is 6. The van der Waals surface area contributed by atoms with Crippen molar-refractivity contribution >= 4 is 11.4 Å². The second-order valence-electron chi connectivity index (χ2n) is 8.37. The fourth-order valence-corrected chi connectivity index (χ4v) is 4.12. The lowest BCUT2D eigenvalue weighted by Crippen LogP contribution is -2.56. The zero-order valence-electron chi connectivity index (χ0n) is 16.6. The van der Waals surface area contributed by atoms with Gasteiger partial charge in [0.1, 0.15) is 11.1 Å². The maximum Gasteiger partial charge on any atom is 0.243 e. The molecule has 8 heteroatoms. The largest absolute Gasteiger partial charge is 0.470 e. The Bertz CT molecular complexity index is 1100. The van der Waals surface area contributed by atoms with Gasteiger partial charge >= 0.3 is 0 Å². The number of hydrogen-bond acceptors (Lipinski definition) is 5. The van der Waals surface area contributed by atoms with Crippen LogP contribution in [0.15, 0.2) is 37.4 Å². The molecule has 0 atom stereocenters. The number of fused-ring (bicyclic) bond motifs is 1. The molecular formula is C21H24N6O2. The van der Waals surface area contributed by atoms with Crippen LogP contribution in [0.3, 0.4) is 0 Å². The van der Waals surface area contributed by atoms with Gasteiger partial charge < -0.3 is 10.1 Å². The Morgan fingerprint density at radius 2 is 2.10 bits per heavy atom. The summed E-state index contributed by atoms with van der Waals surface area (Å²) in [5, 5.41) is 11.8. The smallest absolute Gasteiger partial charge is 0.243 e. The molecule has 2 fully saturated rings. The highest BCUT2D eigenvalue weighted by Gasteiger charge is 2.44. The van der Waals surface area contributed by atoms with Crippen LogP contribution < -0.4 is 10.1 Å². The molecule has 0 unspecified atom stereocenters. The topological polar surface area (TPSA) is 86.3 Å². The van der Waals surface area contributed by atoms with E-state index in [1.807, 2.05) is 30.2 Å². The molecule has 2 saturated carbocycles. The summed E-state index contributed by atoms with van der Waals surface area (Å²) in [4.78, 5) is 16.4. The Morgan fingerprint density at radius 3 is 2.76 bits per heavy atom. The molecule has 2 aliphatic rings. The van der Waals surface area contributed by atoms with Gasteiger partial charge in [-0.3, -0.25) is 9.48 Å². The van der Waals surface area contributed by atoms with Crippen molar-refractivity contribution in [2.24, 2.45) is 7.05 Å². The lowest BCUT2D eigenvalue weighted by atomic mass is 9.77. The molecule has 0 spiro atoms. The van der Waals surface area contributed by atoms with Crippen LogP contribution in [0.4, 0.5) is 0 Å². The van der Waals surface area contributed by atoms with Gasteiger partial charge in [0.2, 0.25) is 11.8 Å². The minimum absolute atomic E-state index is 0.0934. The molecule has 0 radical (unpaired) electrons. The van der Waals surface area contributed by atoms with Gasteiger partial charge in [-0.25, -0.2) is 9.50 Å². The first-order valence-corrected chi connectivity index (χ1v) is 9.93. The fourth-order valence-electron chi connectivity index (χ4n) is 4.12. The highest BCUT2D eigenvalue weighted by Crippen LogP contribution is 2.45. The third-order valence-corrected chi connectivity index (χ3v) is 5.74. The van der Waals surface area contributed by atoms with Crippen molar-refractivity contribution in [2.45, 2.75) is 50.2 Å². The van der Waals surface area contributed by atoms with Gasteiger partial charge in [0.25, 0.3) is 0 Å². The molecule has 8 nitrogen and oxygen atoms in total. The van der Waals surface area contributed by atoms with Crippen molar-refractivity contribution in [1.29, 1.82) is 0 Å². The van der Waals surface area contributed by atoms with E-state index in [0.717, 1.165) is 29.6 Å². The molecule has 2 aliphatic carbocycles. The Morgan fingerprint density at radius 1 is 1.31 bits per heavy atom. The molecule has 3 heterocycles. The monoisotopic (exact) mass is 392 g/mol. The molecule has 0 bridgehead atoms. The highest BCUT2D eigenvalue weighted by atomic mass is 16.5. The van der Waals surface area contributed by atoms with Gasteiger partial charge in [0.15, 0.2) is 0 Å². The van der Waals surface area contributed by atoms with Crippen molar-refractivity contribution in [2.75, 3.05) is 0 Å². The molecule has 0 saturated heterocycles. The summed E-state index contributed by atoms with van der Waals surface area (Å²) in [7, 11) is 1.88. The van der Waals surface area contributed by atoms with Crippen molar-refractivity contribution in [3.05, 3.63) is 43.0 Å². The van der Waals surface area contributed by atoms with Crippen molar-refractivity contribution in [3.8, 4) is 17.1 Å². The van der Waals surface area contributed by atoms with E-state index in [9.17, 15) is 4.79 Å². The molecule has 1 N–H and O–H groups in total. The molecule has 3 aromatic rings. The van der Waals surface area contributed by atoms with Crippen LogP contribution in [0.1, 0.15) is 44.1 Å². The standard InChI is InChI=1S/C21H24N6O2/c1-4-18(28)24-15-7-21(2,8-15)29-20-19-16(13-5-6-13)10-23-27(19)12-17(25-20)14-9-22-26(3)11-14/h4,9-13,15H,1,5-8H2,2-3H3,(H,24,28)/t15-,21+. The molecular weight excluding hydrogens is 368 g/mol. The van der Waals surface area contributed by atoms with Gasteiger partial charge in [-0.2, -0.15) is 10.2 Å². The van der Waals surface area contributed by atoms with Gasteiger partial charge in [0, 0.05) is 43.3 Å². The van der Waals surface area contributed by atoms with E-state index in [2.05, 4.69) is 29.0 Å². The summed E-state index contributed by atoms with van der Waals surface area (Å²) >= 11 is 0. The molecule has 0 aliphatic heterocycles. The zero-order chi connectivity index (χ0) is 20.2. The number of nitrogens with one attached hydrogen (secondary N) is 1. The fraction of sp³-hybridized carbons (Fsp3) is 0.429. The zero-order valence-corrected chi connectivity index (χ0v) is 16.6. The summed E-state index contributed by atoms with van der Waals surface area (Å²) in [6, 6.07) is 0.0934. The molecule has 1 amide bonds. The maximum absolute atomic E-state index is 11.6. The second kappa shape index (κ2) is 6.43. The normalized spacial score (nSPS) is 23.6. The van der Waals surface area contributed by atoms with Crippen LogP contribution >= 0.6 is 0 Å². The summed E-state index contributed by atoms with van der Waals surface area (Å²) in [5.41, 5.74) is 3.44. The molecule has 5 rings (SSSR count). The first kappa shape index (κ1) is 17.9. The van der Waals surface area contributed by atoms with E-state index in [0.29, 0.717) is 11.8 Å². The van der Waals surface area contributed by atoms with Gasteiger partial charge in [-0.1, -0.05) is 6.58 Å². The van der Waals surface area contributed by atoms with Gasteiger partial charge in [-0.15, -0.1) is 0 Å². The van der Waals surface area contributed by atoms with Crippen molar-refractivity contribution in [1.82, 2.24) is 29.7 Å². The summed E-state index contributed by atoms with van der Waals surface area (Å²) in [6.07, 6.45) is 12.7. The Hall–Kier alpha value is -3.16. The lowest BCUT2D eigenvalue weighted by molar-refractivity contribution is -0.119. The molecule has 3 aromatic heterocycles. The van der Waals surface area contributed by atoms with Gasteiger partial charge in [-0.05, 0) is 31.8 Å². The van der Waals surface area contributed by atoms with Crippen LogP contribution in [0, 0.1) is 0 Å². The summed E-state index contributed by atoms with van der Waals surface area (Å²) in [5.74, 6) is 0.986. The number of nitrogens with zero attached hydrogens (tertiary/aromatic N) is 5. The van der Waals surface area contributed by atoms with Gasteiger partial charge in [0.05, 0.1) is 24.3 Å². The minimum Gasteiger partial charge on any atom is -0.470 e. The average Bonchev–Trinajstić information content (AvgIpc) is 3.27. The SMILES string of the molecule is C=CC(=O)N[C@H]1C[C@@](C)(Oc2nc(-c3cnn(C)c3)cn3ncc(C4CC4)c23)C1. The number of aromatic nitrogens is 5. The Kier molecular flexibility index (Phi) is 3.97. The summed E-state index contributed by atoms with van der Waals surface area (Å²) in [6.45, 7) is 5.57. The number of amides is 1. The number of hydrogen-bond donors (Lipinski definition) is 1. The number of aryl methyl sites for hydroxylation is 1. The van der Waals surface area contributed by atoms with E-state index in [1.54, 1.807) is 10.9 Å². The van der Waals surface area contributed by atoms with Crippen LogP contribution in [0.2, 0.25) is 0 Å².